The van der Waals surface area contributed by atoms with Crippen LogP contribution in [0, 0.1) is 0 Å². The molecule has 0 spiro atoms. The Balaban J connectivity index is 2.28. The minimum atomic E-state index is 0.495. The molecule has 62 valence electrons. The topological polar surface area (TPSA) is 29.5 Å². The summed E-state index contributed by atoms with van der Waals surface area (Å²) in [4.78, 5) is 15.5. The average Bonchev–Trinajstić information content (AvgIpc) is 2.17. The van der Waals surface area contributed by atoms with E-state index in [1.54, 1.807) is 0 Å². The standard InChI is InChI=1S/C9H9NO2/c11-7-10-5-8-3-1-2-4-9(8)6-12-10/h1-4,7H,5-6H2. The molecule has 0 atom stereocenters. The van der Waals surface area contributed by atoms with E-state index < -0.39 is 0 Å². The number of hydrogen-bond donors (Lipinski definition) is 0. The lowest BCUT2D eigenvalue weighted by Gasteiger charge is -2.24. The van der Waals surface area contributed by atoms with Crippen LogP contribution in [0.15, 0.2) is 24.3 Å². The summed E-state index contributed by atoms with van der Waals surface area (Å²) in [7, 11) is 0. The second-order valence-corrected chi connectivity index (χ2v) is 2.72. The number of carbonyl (C=O) groups excluding carboxylic acids is 1. The van der Waals surface area contributed by atoms with Gasteiger partial charge in [0, 0.05) is 0 Å². The molecule has 1 aliphatic rings. The van der Waals surface area contributed by atoms with E-state index in [9.17, 15) is 4.79 Å². The van der Waals surface area contributed by atoms with E-state index in [1.807, 2.05) is 24.3 Å². The summed E-state index contributed by atoms with van der Waals surface area (Å²) in [6.07, 6.45) is 0.704. The van der Waals surface area contributed by atoms with Crippen molar-refractivity contribution in [1.82, 2.24) is 5.06 Å². The molecule has 0 unspecified atom stereocenters. The van der Waals surface area contributed by atoms with Crippen molar-refractivity contribution in [2.45, 2.75) is 13.2 Å². The SMILES string of the molecule is O=CN1Cc2ccccc2CO1. The van der Waals surface area contributed by atoms with E-state index in [0.717, 1.165) is 11.1 Å². The third kappa shape index (κ3) is 1.19. The summed E-state index contributed by atoms with van der Waals surface area (Å²) >= 11 is 0. The first-order chi connectivity index (χ1) is 5.90. The Morgan fingerprint density at radius 3 is 2.83 bits per heavy atom. The highest BCUT2D eigenvalue weighted by Gasteiger charge is 2.13. The van der Waals surface area contributed by atoms with E-state index in [1.165, 1.54) is 5.06 Å². The summed E-state index contributed by atoms with van der Waals surface area (Å²) in [5, 5.41) is 1.31. The van der Waals surface area contributed by atoms with E-state index in [0.29, 0.717) is 19.6 Å². The molecule has 0 saturated carbocycles. The largest absolute Gasteiger partial charge is 0.276 e. The molecule has 1 amide bonds. The number of hydrogen-bond acceptors (Lipinski definition) is 2. The van der Waals surface area contributed by atoms with Crippen molar-refractivity contribution in [1.29, 1.82) is 0 Å². The second kappa shape index (κ2) is 2.95. The zero-order valence-electron chi connectivity index (χ0n) is 6.56. The molecule has 0 fully saturated rings. The predicted molar refractivity (Wildman–Crippen MR) is 42.8 cm³/mol. The van der Waals surface area contributed by atoms with Gasteiger partial charge in [-0.2, -0.15) is 0 Å². The number of rotatable bonds is 1. The summed E-state index contributed by atoms with van der Waals surface area (Å²) < 4.78 is 0. The molecule has 0 saturated heterocycles. The first-order valence-corrected chi connectivity index (χ1v) is 3.82. The van der Waals surface area contributed by atoms with Crippen molar-refractivity contribution >= 4 is 6.41 Å². The quantitative estimate of drug-likeness (QED) is 0.580. The van der Waals surface area contributed by atoms with E-state index in [2.05, 4.69) is 0 Å². The van der Waals surface area contributed by atoms with Gasteiger partial charge in [0.1, 0.15) is 6.61 Å². The van der Waals surface area contributed by atoms with Gasteiger partial charge < -0.3 is 0 Å². The summed E-state index contributed by atoms with van der Waals surface area (Å²) in [6.45, 7) is 1.05. The van der Waals surface area contributed by atoms with Crippen molar-refractivity contribution in [2.24, 2.45) is 0 Å². The van der Waals surface area contributed by atoms with Crippen LogP contribution in [0.1, 0.15) is 11.1 Å². The number of benzene rings is 1. The normalized spacial score (nSPS) is 15.5. The van der Waals surface area contributed by atoms with Gasteiger partial charge in [-0.25, -0.2) is 5.06 Å². The average molecular weight is 163 g/mol. The van der Waals surface area contributed by atoms with Gasteiger partial charge in [-0.15, -0.1) is 0 Å². The Labute approximate surface area is 70.5 Å². The lowest BCUT2D eigenvalue weighted by atomic mass is 10.1. The van der Waals surface area contributed by atoms with Crippen molar-refractivity contribution in [3.8, 4) is 0 Å². The van der Waals surface area contributed by atoms with Crippen molar-refractivity contribution < 1.29 is 9.63 Å². The van der Waals surface area contributed by atoms with Crippen LogP contribution < -0.4 is 0 Å². The molecular formula is C9H9NO2. The molecular weight excluding hydrogens is 154 g/mol. The Morgan fingerprint density at radius 1 is 1.33 bits per heavy atom. The van der Waals surface area contributed by atoms with Crippen LogP contribution >= 0.6 is 0 Å². The van der Waals surface area contributed by atoms with Gasteiger partial charge in [-0.05, 0) is 11.1 Å². The molecule has 0 radical (unpaired) electrons. The number of fused-ring (bicyclic) bond motifs is 1. The fourth-order valence-electron chi connectivity index (χ4n) is 1.29. The number of hydroxylamine groups is 2. The zero-order chi connectivity index (χ0) is 8.39. The molecule has 12 heavy (non-hydrogen) atoms. The van der Waals surface area contributed by atoms with Crippen molar-refractivity contribution in [2.75, 3.05) is 0 Å². The molecule has 2 rings (SSSR count). The maximum Gasteiger partial charge on any atom is 0.233 e. The Kier molecular flexibility index (Phi) is 1.80. The Bertz CT molecular complexity index is 298. The first kappa shape index (κ1) is 7.31. The lowest BCUT2D eigenvalue weighted by Crippen LogP contribution is -2.26. The Hall–Kier alpha value is -1.35. The van der Waals surface area contributed by atoms with Crippen LogP contribution in [0.5, 0.6) is 0 Å². The molecule has 0 bridgehead atoms. The van der Waals surface area contributed by atoms with Crippen molar-refractivity contribution in [3.05, 3.63) is 35.4 Å². The van der Waals surface area contributed by atoms with Crippen LogP contribution in [0.3, 0.4) is 0 Å². The Morgan fingerprint density at radius 2 is 2.08 bits per heavy atom. The molecule has 1 aromatic carbocycles. The van der Waals surface area contributed by atoms with Gasteiger partial charge in [-0.1, -0.05) is 24.3 Å². The number of carbonyl (C=O) groups is 1. The van der Waals surface area contributed by atoms with Gasteiger partial charge in [0.15, 0.2) is 0 Å². The highest BCUT2D eigenvalue weighted by atomic mass is 16.7. The van der Waals surface area contributed by atoms with Gasteiger partial charge >= 0.3 is 0 Å². The van der Waals surface area contributed by atoms with Crippen LogP contribution in [0.2, 0.25) is 0 Å². The number of nitrogens with zero attached hydrogens (tertiary/aromatic N) is 1. The second-order valence-electron chi connectivity index (χ2n) is 2.72. The third-order valence-corrected chi connectivity index (χ3v) is 1.95. The fourth-order valence-corrected chi connectivity index (χ4v) is 1.29. The van der Waals surface area contributed by atoms with Gasteiger partial charge in [0.2, 0.25) is 6.41 Å². The number of amides is 1. The molecule has 1 heterocycles. The summed E-state index contributed by atoms with van der Waals surface area (Å²) in [6, 6.07) is 7.96. The molecule has 0 aliphatic carbocycles. The lowest BCUT2D eigenvalue weighted by molar-refractivity contribution is -0.186. The smallest absolute Gasteiger partial charge is 0.233 e. The fraction of sp³-hybridized carbons (Fsp3) is 0.222. The monoisotopic (exact) mass is 163 g/mol. The van der Waals surface area contributed by atoms with E-state index in [-0.39, 0.29) is 0 Å². The van der Waals surface area contributed by atoms with Crippen LogP contribution in [-0.2, 0) is 22.8 Å². The predicted octanol–water partition coefficient (Wildman–Crippen LogP) is 1.09. The van der Waals surface area contributed by atoms with Gasteiger partial charge in [-0.3, -0.25) is 9.63 Å². The molecule has 0 N–H and O–H groups in total. The van der Waals surface area contributed by atoms with Crippen LogP contribution in [0.25, 0.3) is 0 Å². The molecule has 3 heteroatoms. The van der Waals surface area contributed by atoms with Crippen molar-refractivity contribution in [3.63, 3.8) is 0 Å². The minimum absolute atomic E-state index is 0.495. The maximum atomic E-state index is 10.4. The summed E-state index contributed by atoms with van der Waals surface area (Å²) in [5.74, 6) is 0. The van der Waals surface area contributed by atoms with Gasteiger partial charge in [0.25, 0.3) is 0 Å². The van der Waals surface area contributed by atoms with Crippen LogP contribution in [0.4, 0.5) is 0 Å². The molecule has 1 aliphatic heterocycles. The minimum Gasteiger partial charge on any atom is -0.276 e. The summed E-state index contributed by atoms with van der Waals surface area (Å²) in [5.41, 5.74) is 2.33. The highest BCUT2D eigenvalue weighted by molar-refractivity contribution is 5.46. The molecule has 3 nitrogen and oxygen atoms in total. The molecule has 1 aromatic rings. The zero-order valence-corrected chi connectivity index (χ0v) is 6.56. The third-order valence-electron chi connectivity index (χ3n) is 1.95. The van der Waals surface area contributed by atoms with E-state index >= 15 is 0 Å². The highest BCUT2D eigenvalue weighted by Crippen LogP contribution is 2.17. The van der Waals surface area contributed by atoms with E-state index in [4.69, 9.17) is 4.84 Å². The maximum absolute atomic E-state index is 10.4. The molecule has 0 aromatic heterocycles. The first-order valence-electron chi connectivity index (χ1n) is 3.82. The van der Waals surface area contributed by atoms with Crippen LogP contribution in [-0.4, -0.2) is 11.5 Å². The van der Waals surface area contributed by atoms with Gasteiger partial charge in [0.05, 0.1) is 6.54 Å².